The zero-order valence-electron chi connectivity index (χ0n) is 67.3. The van der Waals surface area contributed by atoms with Crippen molar-refractivity contribution < 1.29 is 51.4 Å². The monoisotopic (exact) mass is 1490 g/mol. The molecule has 107 heavy (non-hydrogen) atoms. The van der Waals surface area contributed by atoms with Gasteiger partial charge in [-0.3, -0.25) is 18.6 Å². The molecule has 0 aromatic heterocycles. The summed E-state index contributed by atoms with van der Waals surface area (Å²) in [4.78, 5) is 34.3. The first-order valence-corrected chi connectivity index (χ1v) is 46.9. The largest absolute Gasteiger partial charge is 0.463 e. The lowest BCUT2D eigenvalue weighted by atomic mass is 9.44. The number of allylic oxidation sites excluding steroid dienone is 10. The SMILES string of the molecule is CC(=O)O[C@@H]1CC[C@]2(C)C3CC[C@]45C=CC=C[C@H]4CCC5C3CC[C@H]2C1.CC(=O)O[C@@H]1CC[C@]2(C)C3CC[C@]45C=CCC(O)[C@H]4CCC5C3CC[C@H]2C1.CC(=O)O[C@@H]1CC[C@]2(C)C3CC[C@]45C=CCC(OS(C)(=O)=O)[C@H]4CCC5C3CC[C@H]2C1.C[C@]12CC[C@@H](O)C[C@@H]1CCC1C3CC[C@@H]4C=CC=C[C@]34CCC12. The van der Waals surface area contributed by atoms with Gasteiger partial charge in [0.15, 0.2) is 0 Å². The topological polar surface area (TPSA) is 163 Å². The summed E-state index contributed by atoms with van der Waals surface area (Å²) in [7, 11) is -3.44. The van der Waals surface area contributed by atoms with E-state index in [9.17, 15) is 33.0 Å². The van der Waals surface area contributed by atoms with Crippen LogP contribution in [0.15, 0.2) is 72.9 Å². The van der Waals surface area contributed by atoms with Gasteiger partial charge in [-0.1, -0.05) is 101 Å². The third kappa shape index (κ3) is 12.9. The van der Waals surface area contributed by atoms with E-state index in [-0.39, 0.29) is 59.9 Å². The summed E-state index contributed by atoms with van der Waals surface area (Å²) in [5.74, 6) is 15.2. The molecular weight excluding hydrogens is 1350 g/mol. The number of aliphatic hydroxyl groups excluding tert-OH is 2. The second-order valence-corrected chi connectivity index (χ2v) is 43.7. The van der Waals surface area contributed by atoms with Crippen LogP contribution in [0.3, 0.4) is 0 Å². The van der Waals surface area contributed by atoms with Crippen molar-refractivity contribution in [3.63, 3.8) is 0 Å². The van der Waals surface area contributed by atoms with Crippen molar-refractivity contribution in [3.05, 3.63) is 72.9 Å². The van der Waals surface area contributed by atoms with Crippen LogP contribution < -0.4 is 0 Å². The van der Waals surface area contributed by atoms with Crippen molar-refractivity contribution in [2.75, 3.05) is 6.26 Å². The molecule has 11 nitrogen and oxygen atoms in total. The minimum absolute atomic E-state index is 0.0122. The summed E-state index contributed by atoms with van der Waals surface area (Å²) in [6, 6.07) is 0. The highest BCUT2D eigenvalue weighted by atomic mass is 32.2. The molecule has 20 aliphatic rings. The van der Waals surface area contributed by atoms with Crippen LogP contribution in [0.2, 0.25) is 0 Å². The molecule has 20 aliphatic carbocycles. The summed E-state index contributed by atoms with van der Waals surface area (Å²) < 4.78 is 46.2. The van der Waals surface area contributed by atoms with Crippen LogP contribution in [0.4, 0.5) is 0 Å². The maximum atomic E-state index is 11.9. The Balaban J connectivity index is 0.000000105. The van der Waals surface area contributed by atoms with Gasteiger partial charge in [0, 0.05) is 20.8 Å². The molecule has 4 spiro atoms. The first-order chi connectivity index (χ1) is 51.2. The molecular formula is C95H140O11S. The van der Waals surface area contributed by atoms with E-state index in [0.717, 1.165) is 172 Å². The third-order valence-electron chi connectivity index (χ3n) is 38.6. The minimum Gasteiger partial charge on any atom is -0.463 e. The van der Waals surface area contributed by atoms with Gasteiger partial charge in [0.2, 0.25) is 0 Å². The Kier molecular flexibility index (Phi) is 20.6. The van der Waals surface area contributed by atoms with Gasteiger partial charge in [0.1, 0.15) is 18.3 Å². The molecule has 592 valence electrons. The average molecular weight is 1490 g/mol. The molecule has 14 unspecified atom stereocenters. The zero-order valence-corrected chi connectivity index (χ0v) is 68.1. The zero-order chi connectivity index (χ0) is 74.4. The number of ether oxygens (including phenoxy) is 3. The van der Waals surface area contributed by atoms with E-state index >= 15 is 0 Å². The van der Waals surface area contributed by atoms with Crippen LogP contribution in [0, 0.1) is 162 Å². The number of aliphatic hydroxyl groups is 2. The van der Waals surface area contributed by atoms with Crippen molar-refractivity contribution in [1.29, 1.82) is 0 Å². The predicted molar refractivity (Wildman–Crippen MR) is 421 cm³/mol. The van der Waals surface area contributed by atoms with Crippen molar-refractivity contribution in [3.8, 4) is 0 Å². The fraction of sp³-hybridized carbons (Fsp3) is 0.842. The highest BCUT2D eigenvalue weighted by Gasteiger charge is 2.67. The first-order valence-electron chi connectivity index (χ1n) is 45.1. The van der Waals surface area contributed by atoms with Gasteiger partial charge < -0.3 is 24.4 Å². The van der Waals surface area contributed by atoms with Crippen LogP contribution in [0.5, 0.6) is 0 Å². The number of fused-ring (bicyclic) bond motifs is 16. The van der Waals surface area contributed by atoms with Gasteiger partial charge in [-0.15, -0.1) is 0 Å². The van der Waals surface area contributed by atoms with Crippen molar-refractivity contribution in [2.45, 2.75) is 329 Å². The van der Waals surface area contributed by atoms with Crippen LogP contribution in [-0.2, 0) is 42.9 Å². The Labute approximate surface area is 645 Å². The summed E-state index contributed by atoms with van der Waals surface area (Å²) in [6.07, 6.45) is 77.4. The molecule has 0 radical (unpaired) electrons. The maximum absolute atomic E-state index is 11.9. The number of carbonyl (C=O) groups excluding carboxylic acids is 3. The van der Waals surface area contributed by atoms with E-state index in [0.29, 0.717) is 61.6 Å². The molecule has 20 rings (SSSR count). The van der Waals surface area contributed by atoms with Crippen molar-refractivity contribution in [1.82, 2.24) is 0 Å². The first kappa shape index (κ1) is 76.3. The highest BCUT2D eigenvalue weighted by molar-refractivity contribution is 7.86. The van der Waals surface area contributed by atoms with E-state index < -0.39 is 10.1 Å². The predicted octanol–water partition coefficient (Wildman–Crippen LogP) is 20.5. The van der Waals surface area contributed by atoms with Crippen molar-refractivity contribution in [2.24, 2.45) is 162 Å². The number of carbonyl (C=O) groups is 3. The van der Waals surface area contributed by atoms with Crippen molar-refractivity contribution >= 4 is 28.0 Å². The van der Waals surface area contributed by atoms with E-state index in [1.807, 2.05) is 0 Å². The van der Waals surface area contributed by atoms with Gasteiger partial charge in [-0.05, 0) is 406 Å². The summed E-state index contributed by atoms with van der Waals surface area (Å²) in [5, 5.41) is 20.8. The Hall–Kier alpha value is -3.32. The normalized spacial score (nSPS) is 52.6. The van der Waals surface area contributed by atoms with E-state index in [2.05, 4.69) is 101 Å². The lowest BCUT2D eigenvalue weighted by molar-refractivity contribution is -0.160. The third-order valence-corrected chi connectivity index (χ3v) is 39.2. The lowest BCUT2D eigenvalue weighted by Crippen LogP contribution is -2.55. The smallest absolute Gasteiger partial charge is 0.302 e. The Morgan fingerprint density at radius 3 is 1.11 bits per heavy atom. The fourth-order valence-corrected chi connectivity index (χ4v) is 35.0. The molecule has 2 N–H and O–H groups in total. The van der Waals surface area contributed by atoms with E-state index in [4.69, 9.17) is 18.4 Å². The summed E-state index contributed by atoms with van der Waals surface area (Å²) in [5.41, 5.74) is 3.23. The van der Waals surface area contributed by atoms with Gasteiger partial charge in [-0.2, -0.15) is 8.42 Å². The molecule has 0 bridgehead atoms. The molecule has 12 heteroatoms. The average Bonchev–Trinajstić information content (AvgIpc) is 1.69. The summed E-state index contributed by atoms with van der Waals surface area (Å²) >= 11 is 0. The molecule has 0 heterocycles. The summed E-state index contributed by atoms with van der Waals surface area (Å²) in [6.45, 7) is 14.9. The molecule has 0 saturated heterocycles. The van der Waals surface area contributed by atoms with Crippen LogP contribution in [0.1, 0.15) is 292 Å². The maximum Gasteiger partial charge on any atom is 0.302 e. The van der Waals surface area contributed by atoms with E-state index in [1.165, 1.54) is 180 Å². The van der Waals surface area contributed by atoms with Crippen LogP contribution in [0.25, 0.3) is 0 Å². The Morgan fingerprint density at radius 2 is 0.701 bits per heavy atom. The van der Waals surface area contributed by atoms with Gasteiger partial charge >= 0.3 is 17.9 Å². The Morgan fingerprint density at radius 1 is 0.355 bits per heavy atom. The van der Waals surface area contributed by atoms with Gasteiger partial charge in [0.05, 0.1) is 24.6 Å². The Bertz CT molecular complexity index is 3620. The number of rotatable bonds is 5. The van der Waals surface area contributed by atoms with E-state index in [1.54, 1.807) is 13.8 Å². The molecule has 0 aliphatic heterocycles. The molecule has 0 aromatic carbocycles. The second kappa shape index (κ2) is 28.9. The molecule has 34 atom stereocenters. The van der Waals surface area contributed by atoms with Crippen LogP contribution in [-0.4, -0.2) is 79.4 Å². The fourth-order valence-electron chi connectivity index (χ4n) is 34.3. The molecule has 0 aromatic rings. The van der Waals surface area contributed by atoms with Gasteiger partial charge in [-0.25, -0.2) is 0 Å². The number of esters is 3. The number of hydrogen-bond donors (Lipinski definition) is 2. The lowest BCUT2D eigenvalue weighted by Gasteiger charge is -2.61. The highest BCUT2D eigenvalue weighted by Crippen LogP contribution is 2.74. The molecule has 0 amide bonds. The quantitative estimate of drug-likeness (QED) is 0.117. The van der Waals surface area contributed by atoms with Gasteiger partial charge in [0.25, 0.3) is 10.1 Å². The molecule has 16 saturated carbocycles. The molecule has 16 fully saturated rings. The number of hydrogen-bond acceptors (Lipinski definition) is 11. The minimum atomic E-state index is -3.44. The standard InChI is InChI=1S/C25H38O5S.C24H36O3.C24H34O2.C22H32O/c1-16(26)29-18-10-13-24(2)17(15-18)6-7-19-20(24)11-14-25-12-4-5-23(30-31(3,27)28)22(25)9-8-21(19)25;1-15(25)27-17-9-12-23(2)16(14-17)5-6-18-19(23)10-13-24-11-3-4-22(26)21(24)8-7-20(18)24;1-16(25)26-19-10-13-23(2)18(15-19)6-8-20-21(23)11-14-24-12-4-3-5-17(24)7-9-22(20)24;1-21-12-9-17(23)14-16(21)5-7-18-19(21)10-13-22-11-3-2-4-15(22)6-8-20(18)22/h4,12,17-23H,5-11,13-15H2,1-3H3;3,11,16-22,26H,4-10,12-14H2,1-2H3;3-5,12,17-22H,6-11,13-15H2,1-2H3;2-4,11,15-20,23H,5-10,12-14H2,1H3/t17-,18+,19?,20?,21?,22+,23?,24-,25-;16-,17+,18?,19?,20?,21+,22?,23-,24-;17-,18-,19+,20?,21?,22?,23-,24+;15-,16-,17+,18?,19?,20?,21-,22+/m0000/s1. The van der Waals surface area contributed by atoms with Crippen LogP contribution >= 0.6 is 0 Å². The second-order valence-electron chi connectivity index (χ2n) is 42.1.